The highest BCUT2D eigenvalue weighted by Crippen LogP contribution is 2.20. The molecule has 0 aliphatic rings. The smallest absolute Gasteiger partial charge is 0.353 e. The van der Waals surface area contributed by atoms with Crippen LogP contribution in [0.3, 0.4) is 0 Å². The number of nitrogen functional groups attached to an aromatic ring is 1. The summed E-state index contributed by atoms with van der Waals surface area (Å²) >= 11 is 7.52. The molecule has 3 aromatic rings. The molecule has 3 rings (SSSR count). The second-order valence-electron chi connectivity index (χ2n) is 4.52. The first-order valence-corrected chi connectivity index (χ1v) is 7.55. The number of halogens is 1. The second-order valence-corrected chi connectivity index (χ2v) is 5.99. The van der Waals surface area contributed by atoms with Crippen molar-refractivity contribution in [3.8, 4) is 5.69 Å². The number of anilines is 1. The van der Waals surface area contributed by atoms with Gasteiger partial charge in [0.25, 0.3) is 0 Å². The zero-order chi connectivity index (χ0) is 14.8. The van der Waals surface area contributed by atoms with Gasteiger partial charge < -0.3 is 5.73 Å². The molecule has 0 atom stereocenters. The first-order chi connectivity index (χ1) is 10.1. The Bertz CT molecular complexity index is 810. The number of rotatable bonds is 3. The van der Waals surface area contributed by atoms with Crippen LogP contribution in [0.1, 0.15) is 10.4 Å². The van der Waals surface area contributed by atoms with Crippen molar-refractivity contribution in [3.05, 3.63) is 73.9 Å². The summed E-state index contributed by atoms with van der Waals surface area (Å²) in [5.41, 5.74) is 7.25. The highest BCUT2D eigenvalue weighted by molar-refractivity contribution is 7.09. The van der Waals surface area contributed by atoms with Gasteiger partial charge >= 0.3 is 5.69 Å². The standard InChI is InChI=1S/C15H12ClN3OS/c16-11-3-5-12(6-4-11)19-14(17)10(9-18-15(19)20)8-13-2-1-7-21-13/h1-7,9H,8,17H2. The number of benzene rings is 1. The minimum atomic E-state index is -0.398. The molecule has 1 aromatic carbocycles. The van der Waals surface area contributed by atoms with Crippen molar-refractivity contribution >= 4 is 28.8 Å². The van der Waals surface area contributed by atoms with Gasteiger partial charge in [0.15, 0.2) is 0 Å². The summed E-state index contributed by atoms with van der Waals surface area (Å²) in [6, 6.07) is 10.9. The Balaban J connectivity index is 2.08. The third kappa shape index (κ3) is 2.84. The molecule has 0 saturated carbocycles. The van der Waals surface area contributed by atoms with Crippen LogP contribution in [0.5, 0.6) is 0 Å². The van der Waals surface area contributed by atoms with Crippen LogP contribution in [-0.2, 0) is 6.42 Å². The van der Waals surface area contributed by atoms with E-state index in [2.05, 4.69) is 4.98 Å². The molecule has 0 amide bonds. The van der Waals surface area contributed by atoms with Gasteiger partial charge in [-0.15, -0.1) is 11.3 Å². The Kier molecular flexibility index (Phi) is 3.77. The number of hydrogen-bond acceptors (Lipinski definition) is 4. The highest BCUT2D eigenvalue weighted by atomic mass is 35.5. The van der Waals surface area contributed by atoms with E-state index in [9.17, 15) is 4.79 Å². The quantitative estimate of drug-likeness (QED) is 0.807. The van der Waals surface area contributed by atoms with Crippen molar-refractivity contribution in [2.45, 2.75) is 6.42 Å². The van der Waals surface area contributed by atoms with Crippen molar-refractivity contribution < 1.29 is 0 Å². The summed E-state index contributed by atoms with van der Waals surface area (Å²) in [7, 11) is 0. The fraction of sp³-hybridized carbons (Fsp3) is 0.0667. The molecule has 0 aliphatic heterocycles. The number of nitrogens with two attached hydrogens (primary N) is 1. The van der Waals surface area contributed by atoms with Gasteiger partial charge in [0.2, 0.25) is 0 Å². The summed E-state index contributed by atoms with van der Waals surface area (Å²) in [6.07, 6.45) is 2.20. The molecule has 4 nitrogen and oxygen atoms in total. The van der Waals surface area contributed by atoms with Crippen LogP contribution >= 0.6 is 22.9 Å². The third-order valence-corrected chi connectivity index (χ3v) is 4.25. The van der Waals surface area contributed by atoms with Crippen LogP contribution in [0, 0.1) is 0 Å². The van der Waals surface area contributed by atoms with Gasteiger partial charge in [0.05, 0.1) is 5.69 Å². The van der Waals surface area contributed by atoms with Crippen LogP contribution in [0.25, 0.3) is 5.69 Å². The maximum atomic E-state index is 12.0. The van der Waals surface area contributed by atoms with E-state index in [-0.39, 0.29) is 0 Å². The highest BCUT2D eigenvalue weighted by Gasteiger charge is 2.11. The lowest BCUT2D eigenvalue weighted by atomic mass is 10.2. The monoisotopic (exact) mass is 317 g/mol. The summed E-state index contributed by atoms with van der Waals surface area (Å²) in [5, 5.41) is 2.61. The summed E-state index contributed by atoms with van der Waals surface area (Å²) in [5.74, 6) is 0.408. The normalized spacial score (nSPS) is 10.7. The lowest BCUT2D eigenvalue weighted by Crippen LogP contribution is -2.25. The van der Waals surface area contributed by atoms with E-state index in [0.717, 1.165) is 5.56 Å². The Morgan fingerprint density at radius 3 is 2.67 bits per heavy atom. The third-order valence-electron chi connectivity index (χ3n) is 3.12. The molecular weight excluding hydrogens is 306 g/mol. The molecule has 2 N–H and O–H groups in total. The predicted molar refractivity (Wildman–Crippen MR) is 86.4 cm³/mol. The Hall–Kier alpha value is -2.11. The van der Waals surface area contributed by atoms with E-state index in [4.69, 9.17) is 17.3 Å². The molecule has 2 aromatic heterocycles. The Morgan fingerprint density at radius 1 is 1.24 bits per heavy atom. The molecule has 0 unspecified atom stereocenters. The van der Waals surface area contributed by atoms with Gasteiger partial charge in [0, 0.05) is 28.1 Å². The van der Waals surface area contributed by atoms with Crippen molar-refractivity contribution in [2.75, 3.05) is 5.73 Å². The van der Waals surface area contributed by atoms with E-state index in [1.165, 1.54) is 9.44 Å². The summed E-state index contributed by atoms with van der Waals surface area (Å²) in [6.45, 7) is 0. The molecule has 0 bridgehead atoms. The van der Waals surface area contributed by atoms with Gasteiger partial charge in [-0.3, -0.25) is 0 Å². The van der Waals surface area contributed by atoms with E-state index < -0.39 is 5.69 Å². The Labute approximate surface area is 130 Å². The molecule has 106 valence electrons. The summed E-state index contributed by atoms with van der Waals surface area (Å²) in [4.78, 5) is 17.1. The van der Waals surface area contributed by atoms with Gasteiger partial charge in [-0.25, -0.2) is 14.3 Å². The topological polar surface area (TPSA) is 60.9 Å². The number of nitrogens with zero attached hydrogens (tertiary/aromatic N) is 2. The van der Waals surface area contributed by atoms with Crippen LogP contribution in [0.4, 0.5) is 5.82 Å². The van der Waals surface area contributed by atoms with Crippen molar-refractivity contribution in [2.24, 2.45) is 0 Å². The van der Waals surface area contributed by atoms with Crippen molar-refractivity contribution in [1.29, 1.82) is 0 Å². The lowest BCUT2D eigenvalue weighted by Gasteiger charge is -2.12. The van der Waals surface area contributed by atoms with Crippen LogP contribution in [-0.4, -0.2) is 9.55 Å². The van der Waals surface area contributed by atoms with E-state index in [0.29, 0.717) is 22.9 Å². The maximum absolute atomic E-state index is 12.0. The number of hydrogen-bond donors (Lipinski definition) is 1. The zero-order valence-electron chi connectivity index (χ0n) is 11.0. The molecule has 0 radical (unpaired) electrons. The van der Waals surface area contributed by atoms with E-state index >= 15 is 0 Å². The lowest BCUT2D eigenvalue weighted by molar-refractivity contribution is 0.904. The molecule has 21 heavy (non-hydrogen) atoms. The maximum Gasteiger partial charge on any atom is 0.353 e. The minimum absolute atomic E-state index is 0.398. The first-order valence-electron chi connectivity index (χ1n) is 6.30. The van der Waals surface area contributed by atoms with Crippen LogP contribution in [0.2, 0.25) is 5.02 Å². The fourth-order valence-electron chi connectivity index (χ4n) is 2.08. The SMILES string of the molecule is Nc1c(Cc2cccs2)cnc(=O)n1-c1ccc(Cl)cc1. The van der Waals surface area contributed by atoms with Gasteiger partial charge in [0.1, 0.15) is 5.82 Å². The van der Waals surface area contributed by atoms with E-state index in [1.54, 1.807) is 41.8 Å². The van der Waals surface area contributed by atoms with Crippen LogP contribution in [0.15, 0.2) is 52.8 Å². The minimum Gasteiger partial charge on any atom is -0.384 e. The molecule has 0 saturated heterocycles. The number of aromatic nitrogens is 2. The molecule has 6 heteroatoms. The average molecular weight is 318 g/mol. The number of thiophene rings is 1. The van der Waals surface area contributed by atoms with E-state index in [1.807, 2.05) is 17.5 Å². The largest absolute Gasteiger partial charge is 0.384 e. The zero-order valence-corrected chi connectivity index (χ0v) is 12.6. The summed E-state index contributed by atoms with van der Waals surface area (Å²) < 4.78 is 1.40. The van der Waals surface area contributed by atoms with Gasteiger partial charge in [-0.2, -0.15) is 0 Å². The van der Waals surface area contributed by atoms with Crippen LogP contribution < -0.4 is 11.4 Å². The van der Waals surface area contributed by atoms with Crippen molar-refractivity contribution in [1.82, 2.24) is 9.55 Å². The van der Waals surface area contributed by atoms with Gasteiger partial charge in [-0.05, 0) is 35.7 Å². The van der Waals surface area contributed by atoms with Gasteiger partial charge in [-0.1, -0.05) is 17.7 Å². The molecule has 0 aliphatic carbocycles. The fourth-order valence-corrected chi connectivity index (χ4v) is 2.93. The molecule has 0 fully saturated rings. The second kappa shape index (κ2) is 5.71. The predicted octanol–water partition coefficient (Wildman–Crippen LogP) is 3.12. The molecule has 0 spiro atoms. The molecule has 2 heterocycles. The Morgan fingerprint density at radius 2 is 2.00 bits per heavy atom. The van der Waals surface area contributed by atoms with Crippen molar-refractivity contribution in [3.63, 3.8) is 0 Å². The molecular formula is C15H12ClN3OS. The first kappa shape index (κ1) is 13.9. The average Bonchev–Trinajstić information content (AvgIpc) is 2.97.